The number of thioether (sulfide) groups is 1. The molecule has 0 radical (unpaired) electrons. The first-order valence-corrected chi connectivity index (χ1v) is 10.4. The molecule has 1 atom stereocenters. The van der Waals surface area contributed by atoms with Crippen LogP contribution in [0.5, 0.6) is 0 Å². The molecule has 1 aromatic carbocycles. The van der Waals surface area contributed by atoms with Crippen LogP contribution in [0.3, 0.4) is 0 Å². The molecule has 0 spiro atoms. The van der Waals surface area contributed by atoms with Crippen LogP contribution in [0.25, 0.3) is 0 Å². The van der Waals surface area contributed by atoms with Gasteiger partial charge in [0, 0.05) is 6.04 Å². The highest BCUT2D eigenvalue weighted by Crippen LogP contribution is 2.17. The van der Waals surface area contributed by atoms with Gasteiger partial charge in [0.15, 0.2) is 0 Å². The Morgan fingerprint density at radius 1 is 1.26 bits per heavy atom. The van der Waals surface area contributed by atoms with Gasteiger partial charge in [-0.3, -0.25) is 4.79 Å². The molecule has 0 fully saturated rings. The van der Waals surface area contributed by atoms with Crippen molar-refractivity contribution in [2.24, 2.45) is 0 Å². The molecule has 2 N–H and O–H groups in total. The van der Waals surface area contributed by atoms with E-state index in [2.05, 4.69) is 10.0 Å². The third kappa shape index (κ3) is 6.16. The van der Waals surface area contributed by atoms with Gasteiger partial charge in [0.05, 0.1) is 4.90 Å². The topological polar surface area (TPSA) is 75.3 Å². The van der Waals surface area contributed by atoms with E-state index in [-0.39, 0.29) is 16.8 Å². The fraction of sp³-hybridized carbons (Fsp3) is 0.562. The largest absolute Gasteiger partial charge is 0.353 e. The summed E-state index contributed by atoms with van der Waals surface area (Å²) in [6.07, 6.45) is 2.38. The summed E-state index contributed by atoms with van der Waals surface area (Å²) in [6, 6.07) is 4.46. The lowest BCUT2D eigenvalue weighted by molar-refractivity contribution is -0.123. The molecule has 0 unspecified atom stereocenters. The fourth-order valence-corrected chi connectivity index (χ4v) is 4.14. The first kappa shape index (κ1) is 20.0. The quantitative estimate of drug-likeness (QED) is 0.747. The van der Waals surface area contributed by atoms with Crippen LogP contribution in [0, 0.1) is 13.8 Å². The molecule has 0 aliphatic rings. The molecule has 23 heavy (non-hydrogen) atoms. The van der Waals surface area contributed by atoms with Crippen molar-refractivity contribution in [3.63, 3.8) is 0 Å². The number of sulfonamides is 1. The van der Waals surface area contributed by atoms with Crippen molar-refractivity contribution in [2.75, 3.05) is 12.0 Å². The molecule has 1 aromatic rings. The highest BCUT2D eigenvalue weighted by atomic mass is 32.2. The molecule has 0 saturated carbocycles. The van der Waals surface area contributed by atoms with Crippen LogP contribution in [-0.2, 0) is 14.8 Å². The second-order valence-corrected chi connectivity index (χ2v) is 8.56. The van der Waals surface area contributed by atoms with Crippen LogP contribution in [-0.4, -0.2) is 38.4 Å². The van der Waals surface area contributed by atoms with Crippen LogP contribution >= 0.6 is 11.8 Å². The SMILES string of the molecule is CSCC[C@@H](NS(=O)(=O)c1cc(C)ccc1C)C(=O)NC(C)C. The van der Waals surface area contributed by atoms with Crippen LogP contribution in [0.1, 0.15) is 31.4 Å². The monoisotopic (exact) mass is 358 g/mol. The van der Waals surface area contributed by atoms with Crippen LogP contribution in [0.2, 0.25) is 0 Å². The highest BCUT2D eigenvalue weighted by molar-refractivity contribution is 7.98. The molecule has 0 aromatic heterocycles. The van der Waals surface area contributed by atoms with Crippen molar-refractivity contribution in [3.8, 4) is 0 Å². The van der Waals surface area contributed by atoms with Crippen molar-refractivity contribution >= 4 is 27.7 Å². The Hall–Kier alpha value is -1.05. The summed E-state index contributed by atoms with van der Waals surface area (Å²) in [6.45, 7) is 7.29. The number of benzene rings is 1. The van der Waals surface area contributed by atoms with Gasteiger partial charge in [-0.15, -0.1) is 0 Å². The Kier molecular flexibility index (Phi) is 7.57. The summed E-state index contributed by atoms with van der Waals surface area (Å²) >= 11 is 1.58. The van der Waals surface area contributed by atoms with Gasteiger partial charge in [0.1, 0.15) is 6.04 Å². The normalized spacial score (nSPS) is 13.1. The van der Waals surface area contributed by atoms with E-state index in [1.54, 1.807) is 30.8 Å². The first-order valence-electron chi connectivity index (χ1n) is 7.56. The van der Waals surface area contributed by atoms with E-state index in [1.807, 2.05) is 33.1 Å². The van der Waals surface area contributed by atoms with Gasteiger partial charge >= 0.3 is 0 Å². The molecular weight excluding hydrogens is 332 g/mol. The summed E-state index contributed by atoms with van der Waals surface area (Å²) in [5.41, 5.74) is 1.53. The Labute approximate surface area is 143 Å². The number of hydrogen-bond acceptors (Lipinski definition) is 4. The molecule has 7 heteroatoms. The summed E-state index contributed by atoms with van der Waals surface area (Å²) in [7, 11) is -3.74. The zero-order valence-corrected chi connectivity index (χ0v) is 16.0. The maximum Gasteiger partial charge on any atom is 0.241 e. The maximum absolute atomic E-state index is 12.7. The summed E-state index contributed by atoms with van der Waals surface area (Å²) in [4.78, 5) is 12.5. The molecular formula is C16H26N2O3S2. The molecule has 0 bridgehead atoms. The zero-order valence-electron chi connectivity index (χ0n) is 14.3. The Morgan fingerprint density at radius 2 is 1.91 bits per heavy atom. The number of hydrogen-bond donors (Lipinski definition) is 2. The van der Waals surface area contributed by atoms with Crippen molar-refractivity contribution in [3.05, 3.63) is 29.3 Å². The number of rotatable bonds is 8. The number of amides is 1. The molecule has 0 aliphatic carbocycles. The minimum absolute atomic E-state index is 0.0375. The van der Waals surface area contributed by atoms with E-state index in [9.17, 15) is 13.2 Å². The Morgan fingerprint density at radius 3 is 2.48 bits per heavy atom. The van der Waals surface area contributed by atoms with Gasteiger partial charge in [-0.1, -0.05) is 12.1 Å². The molecule has 0 aliphatic heterocycles. The van der Waals surface area contributed by atoms with E-state index in [4.69, 9.17) is 0 Å². The van der Waals surface area contributed by atoms with Gasteiger partial charge in [-0.25, -0.2) is 8.42 Å². The molecule has 0 saturated heterocycles. The first-order chi connectivity index (χ1) is 10.7. The van der Waals surface area contributed by atoms with Gasteiger partial charge in [-0.2, -0.15) is 16.5 Å². The average molecular weight is 359 g/mol. The summed E-state index contributed by atoms with van der Waals surface area (Å²) in [5, 5.41) is 2.78. The van der Waals surface area contributed by atoms with E-state index in [0.29, 0.717) is 17.7 Å². The number of nitrogens with one attached hydrogen (secondary N) is 2. The Bertz CT molecular complexity index is 643. The van der Waals surface area contributed by atoms with Crippen LogP contribution < -0.4 is 10.0 Å². The molecule has 0 heterocycles. The summed E-state index contributed by atoms with van der Waals surface area (Å²) in [5.74, 6) is 0.411. The van der Waals surface area contributed by atoms with Gasteiger partial charge in [-0.05, 0) is 63.3 Å². The zero-order chi connectivity index (χ0) is 17.6. The van der Waals surface area contributed by atoms with Crippen LogP contribution in [0.4, 0.5) is 0 Å². The van der Waals surface area contributed by atoms with Crippen molar-refractivity contribution in [1.82, 2.24) is 10.0 Å². The van der Waals surface area contributed by atoms with E-state index in [1.165, 1.54) is 0 Å². The van der Waals surface area contributed by atoms with E-state index >= 15 is 0 Å². The van der Waals surface area contributed by atoms with Gasteiger partial charge in [0.2, 0.25) is 15.9 Å². The molecule has 130 valence electrons. The van der Waals surface area contributed by atoms with Crippen molar-refractivity contribution < 1.29 is 13.2 Å². The maximum atomic E-state index is 12.7. The second kappa shape index (κ2) is 8.70. The molecule has 1 amide bonds. The van der Waals surface area contributed by atoms with E-state index < -0.39 is 16.1 Å². The minimum atomic E-state index is -3.74. The standard InChI is InChI=1S/C16H26N2O3S2/c1-11(2)17-16(19)14(8-9-22-5)18-23(20,21)15-10-12(3)6-7-13(15)4/h6-7,10-11,14,18H,8-9H2,1-5H3,(H,17,19)/t14-/m1/s1. The fourth-order valence-electron chi connectivity index (χ4n) is 2.11. The predicted molar refractivity (Wildman–Crippen MR) is 96.3 cm³/mol. The molecule has 5 nitrogen and oxygen atoms in total. The smallest absolute Gasteiger partial charge is 0.241 e. The third-order valence-corrected chi connectivity index (χ3v) is 5.55. The van der Waals surface area contributed by atoms with Gasteiger partial charge < -0.3 is 5.32 Å². The predicted octanol–water partition coefficient (Wildman–Crippen LogP) is 2.23. The van der Waals surface area contributed by atoms with E-state index in [0.717, 1.165) is 5.56 Å². The Balaban J connectivity index is 3.04. The number of carbonyl (C=O) groups is 1. The number of carbonyl (C=O) groups excluding carboxylic acids is 1. The average Bonchev–Trinajstić information content (AvgIpc) is 2.45. The second-order valence-electron chi connectivity index (χ2n) is 5.89. The highest BCUT2D eigenvalue weighted by Gasteiger charge is 2.26. The molecule has 1 rings (SSSR count). The lowest BCUT2D eigenvalue weighted by Crippen LogP contribution is -2.48. The third-order valence-electron chi connectivity index (χ3n) is 3.29. The van der Waals surface area contributed by atoms with Crippen molar-refractivity contribution in [2.45, 2.75) is 51.1 Å². The lowest BCUT2D eigenvalue weighted by atomic mass is 10.2. The van der Waals surface area contributed by atoms with Crippen LogP contribution in [0.15, 0.2) is 23.1 Å². The van der Waals surface area contributed by atoms with Crippen molar-refractivity contribution in [1.29, 1.82) is 0 Å². The van der Waals surface area contributed by atoms with Gasteiger partial charge in [0.25, 0.3) is 0 Å². The lowest BCUT2D eigenvalue weighted by Gasteiger charge is -2.20. The number of aryl methyl sites for hydroxylation is 2. The minimum Gasteiger partial charge on any atom is -0.353 e. The summed E-state index contributed by atoms with van der Waals surface area (Å²) < 4.78 is 27.9.